The summed E-state index contributed by atoms with van der Waals surface area (Å²) in [5, 5.41) is 9.41. The minimum Gasteiger partial charge on any atom is -0.307 e. The van der Waals surface area contributed by atoms with E-state index in [2.05, 4.69) is 15.2 Å². The number of carbonyl (C=O) groups is 1. The molecule has 0 radical (unpaired) electrons. The quantitative estimate of drug-likeness (QED) is 0.380. The molecule has 0 unspecified atom stereocenters. The van der Waals surface area contributed by atoms with E-state index >= 15 is 0 Å². The number of aromatic nitrogens is 4. The number of para-hydroxylation sites is 1. The van der Waals surface area contributed by atoms with Crippen molar-refractivity contribution in [2.24, 2.45) is 0 Å². The van der Waals surface area contributed by atoms with E-state index in [4.69, 9.17) is 0 Å². The third-order valence-corrected chi connectivity index (χ3v) is 5.80. The number of anilines is 1. The van der Waals surface area contributed by atoms with Gasteiger partial charge in [0, 0.05) is 30.2 Å². The molecule has 2 aromatic carbocycles. The van der Waals surface area contributed by atoms with Gasteiger partial charge in [0.25, 0.3) is 0 Å². The van der Waals surface area contributed by atoms with Gasteiger partial charge in [0.15, 0.2) is 11.0 Å². The summed E-state index contributed by atoms with van der Waals surface area (Å²) in [5.41, 5.74) is 2.92. The Morgan fingerprint density at radius 1 is 0.935 bits per heavy atom. The normalized spacial score (nSPS) is 10.7. The highest BCUT2D eigenvalue weighted by Gasteiger charge is 2.19. The number of hydrogen-bond donors (Lipinski definition) is 0. The van der Waals surface area contributed by atoms with Gasteiger partial charge in [-0.15, -0.1) is 10.2 Å². The lowest BCUT2D eigenvalue weighted by molar-refractivity contribution is -0.116. The van der Waals surface area contributed by atoms with Crippen molar-refractivity contribution < 1.29 is 4.79 Å². The first kappa shape index (κ1) is 20.8. The summed E-state index contributed by atoms with van der Waals surface area (Å²) in [6.45, 7) is 3.28. The van der Waals surface area contributed by atoms with Gasteiger partial charge in [0.05, 0.1) is 12.3 Å². The number of hydrogen-bond acceptors (Lipinski definition) is 5. The Hall–Kier alpha value is -3.45. The largest absolute Gasteiger partial charge is 0.307 e. The molecule has 2 aromatic heterocycles. The first-order chi connectivity index (χ1) is 15.3. The van der Waals surface area contributed by atoms with Gasteiger partial charge in [-0.3, -0.25) is 9.78 Å². The number of nitrogens with zero attached hydrogens (tertiary/aromatic N) is 5. The SMILES string of the molecule is CCn1c(SCC(=O)N(Cc2ccccc2)c2ccccc2)nnc1-c1ccncc1. The minimum absolute atomic E-state index is 0.0242. The van der Waals surface area contributed by atoms with Crippen molar-refractivity contribution in [1.82, 2.24) is 19.7 Å². The van der Waals surface area contributed by atoms with Crippen molar-refractivity contribution in [3.8, 4) is 11.4 Å². The molecule has 1 amide bonds. The Balaban J connectivity index is 1.52. The molecule has 0 atom stereocenters. The summed E-state index contributed by atoms with van der Waals surface area (Å²) in [7, 11) is 0. The molecule has 0 bridgehead atoms. The zero-order chi connectivity index (χ0) is 21.5. The highest BCUT2D eigenvalue weighted by Crippen LogP contribution is 2.25. The molecule has 4 aromatic rings. The van der Waals surface area contributed by atoms with Gasteiger partial charge in [-0.2, -0.15) is 0 Å². The first-order valence-electron chi connectivity index (χ1n) is 10.1. The number of carbonyl (C=O) groups excluding carboxylic acids is 1. The summed E-state index contributed by atoms with van der Waals surface area (Å²) in [5.74, 6) is 1.08. The monoisotopic (exact) mass is 429 g/mol. The molecule has 6 nitrogen and oxygen atoms in total. The van der Waals surface area contributed by atoms with Crippen LogP contribution in [0.2, 0.25) is 0 Å². The van der Waals surface area contributed by atoms with E-state index in [1.165, 1.54) is 11.8 Å². The summed E-state index contributed by atoms with van der Waals surface area (Å²) in [6.07, 6.45) is 3.48. The molecule has 0 saturated carbocycles. The van der Waals surface area contributed by atoms with Crippen LogP contribution in [0.15, 0.2) is 90.3 Å². The van der Waals surface area contributed by atoms with E-state index in [0.29, 0.717) is 13.1 Å². The molecule has 0 fully saturated rings. The van der Waals surface area contributed by atoms with Gasteiger partial charge >= 0.3 is 0 Å². The fourth-order valence-corrected chi connectivity index (χ4v) is 4.18. The fraction of sp³-hybridized carbons (Fsp3) is 0.167. The van der Waals surface area contributed by atoms with E-state index in [1.807, 2.05) is 89.2 Å². The maximum atomic E-state index is 13.2. The topological polar surface area (TPSA) is 63.9 Å². The van der Waals surface area contributed by atoms with Crippen LogP contribution in [0.1, 0.15) is 12.5 Å². The minimum atomic E-state index is 0.0242. The van der Waals surface area contributed by atoms with Crippen LogP contribution in [-0.4, -0.2) is 31.4 Å². The van der Waals surface area contributed by atoms with E-state index < -0.39 is 0 Å². The van der Waals surface area contributed by atoms with Crippen molar-refractivity contribution >= 4 is 23.4 Å². The molecule has 31 heavy (non-hydrogen) atoms. The Labute approximate surface area is 186 Å². The van der Waals surface area contributed by atoms with E-state index in [0.717, 1.165) is 27.8 Å². The number of amides is 1. The van der Waals surface area contributed by atoms with Gasteiger partial charge < -0.3 is 9.47 Å². The molecular formula is C24H23N5OS. The Bertz CT molecular complexity index is 1120. The Kier molecular flexibility index (Phi) is 6.74. The molecule has 0 aliphatic rings. The van der Waals surface area contributed by atoms with Crippen molar-refractivity contribution in [2.45, 2.75) is 25.2 Å². The van der Waals surface area contributed by atoms with E-state index in [1.54, 1.807) is 12.4 Å². The highest BCUT2D eigenvalue weighted by atomic mass is 32.2. The predicted molar refractivity (Wildman–Crippen MR) is 124 cm³/mol. The Morgan fingerprint density at radius 3 is 2.29 bits per heavy atom. The lowest BCUT2D eigenvalue weighted by atomic mass is 10.2. The maximum absolute atomic E-state index is 13.2. The van der Waals surface area contributed by atoms with Crippen LogP contribution in [0, 0.1) is 0 Å². The standard InChI is InChI=1S/C24H23N5OS/c1-2-28-23(20-13-15-25-16-14-20)26-27-24(28)31-18-22(30)29(21-11-7-4-8-12-21)17-19-9-5-3-6-10-19/h3-16H,2,17-18H2,1H3. The van der Waals surface area contributed by atoms with Crippen LogP contribution >= 0.6 is 11.8 Å². The average molecular weight is 430 g/mol. The smallest absolute Gasteiger partial charge is 0.237 e. The molecule has 2 heterocycles. The van der Waals surface area contributed by atoms with Gasteiger partial charge in [0.1, 0.15) is 0 Å². The van der Waals surface area contributed by atoms with Gasteiger partial charge in [-0.1, -0.05) is 60.3 Å². The van der Waals surface area contributed by atoms with Gasteiger partial charge in [-0.05, 0) is 36.8 Å². The van der Waals surface area contributed by atoms with Crippen LogP contribution in [0.3, 0.4) is 0 Å². The van der Waals surface area contributed by atoms with Crippen molar-refractivity contribution in [3.05, 3.63) is 90.8 Å². The molecule has 0 aliphatic carbocycles. The molecule has 0 saturated heterocycles. The zero-order valence-corrected chi connectivity index (χ0v) is 18.1. The van der Waals surface area contributed by atoms with Crippen LogP contribution in [0.5, 0.6) is 0 Å². The van der Waals surface area contributed by atoms with Crippen LogP contribution in [0.4, 0.5) is 5.69 Å². The Morgan fingerprint density at radius 2 is 1.61 bits per heavy atom. The van der Waals surface area contributed by atoms with E-state index in [-0.39, 0.29) is 11.7 Å². The lowest BCUT2D eigenvalue weighted by Crippen LogP contribution is -2.32. The van der Waals surface area contributed by atoms with Crippen LogP contribution in [0.25, 0.3) is 11.4 Å². The number of benzene rings is 2. The average Bonchev–Trinajstić information content (AvgIpc) is 3.26. The van der Waals surface area contributed by atoms with Crippen molar-refractivity contribution in [3.63, 3.8) is 0 Å². The number of pyridine rings is 1. The molecule has 156 valence electrons. The fourth-order valence-electron chi connectivity index (χ4n) is 3.30. The van der Waals surface area contributed by atoms with Crippen LogP contribution < -0.4 is 4.90 Å². The van der Waals surface area contributed by atoms with Crippen molar-refractivity contribution in [1.29, 1.82) is 0 Å². The zero-order valence-electron chi connectivity index (χ0n) is 17.3. The molecule has 0 N–H and O–H groups in total. The molecule has 4 rings (SSSR count). The highest BCUT2D eigenvalue weighted by molar-refractivity contribution is 7.99. The number of thioether (sulfide) groups is 1. The summed E-state index contributed by atoms with van der Waals surface area (Å²) < 4.78 is 2.03. The first-order valence-corrected chi connectivity index (χ1v) is 11.1. The molecule has 0 aliphatic heterocycles. The summed E-state index contributed by atoms with van der Waals surface area (Å²) >= 11 is 1.41. The van der Waals surface area contributed by atoms with Crippen LogP contribution in [-0.2, 0) is 17.9 Å². The number of rotatable bonds is 8. The maximum Gasteiger partial charge on any atom is 0.237 e. The second-order valence-electron chi connectivity index (χ2n) is 6.88. The predicted octanol–water partition coefficient (Wildman–Crippen LogP) is 4.69. The van der Waals surface area contributed by atoms with Gasteiger partial charge in [-0.25, -0.2) is 0 Å². The third-order valence-electron chi connectivity index (χ3n) is 4.85. The molecule has 7 heteroatoms. The third kappa shape index (κ3) is 5.00. The van der Waals surface area contributed by atoms with E-state index in [9.17, 15) is 4.79 Å². The second-order valence-corrected chi connectivity index (χ2v) is 7.82. The second kappa shape index (κ2) is 10.0. The lowest BCUT2D eigenvalue weighted by Gasteiger charge is -2.23. The summed E-state index contributed by atoms with van der Waals surface area (Å²) in [4.78, 5) is 19.1. The van der Waals surface area contributed by atoms with Gasteiger partial charge in [0.2, 0.25) is 5.91 Å². The molecular weight excluding hydrogens is 406 g/mol. The molecule has 0 spiro atoms. The van der Waals surface area contributed by atoms with Crippen molar-refractivity contribution in [2.75, 3.05) is 10.7 Å². The summed E-state index contributed by atoms with van der Waals surface area (Å²) in [6, 6.07) is 23.6.